The van der Waals surface area contributed by atoms with Crippen LogP contribution in [0.2, 0.25) is 0 Å². The van der Waals surface area contributed by atoms with E-state index in [9.17, 15) is 24.3 Å². The second kappa shape index (κ2) is 7.20. The van der Waals surface area contributed by atoms with E-state index < -0.39 is 59.8 Å². The molecular weight excluding hydrogens is 370 g/mol. The summed E-state index contributed by atoms with van der Waals surface area (Å²) in [5, 5.41) is 9.47. The number of likely N-dealkylation sites (tertiary alicyclic amines) is 1. The number of amides is 2. The molecule has 1 fully saturated rings. The van der Waals surface area contributed by atoms with E-state index in [1.54, 1.807) is 41.5 Å². The zero-order valence-electron chi connectivity index (χ0n) is 17.0. The minimum atomic E-state index is -1.78. The van der Waals surface area contributed by atoms with Crippen LogP contribution in [0.3, 0.4) is 0 Å². The predicted molar refractivity (Wildman–Crippen MR) is 96.3 cm³/mol. The van der Waals surface area contributed by atoms with Crippen LogP contribution in [0.25, 0.3) is 0 Å². The van der Waals surface area contributed by atoms with E-state index in [0.717, 1.165) is 4.90 Å². The van der Waals surface area contributed by atoms with Crippen LogP contribution in [0.1, 0.15) is 48.0 Å². The van der Waals surface area contributed by atoms with Crippen LogP contribution in [-0.4, -0.2) is 63.9 Å². The minimum Gasteiger partial charge on any atom is -0.443 e. The Labute approximate surface area is 163 Å². The number of nitrogens with zero attached hydrogens (tertiary/aromatic N) is 1. The van der Waals surface area contributed by atoms with Gasteiger partial charge in [0.25, 0.3) is 0 Å². The quantitative estimate of drug-likeness (QED) is 0.718. The van der Waals surface area contributed by atoms with Crippen LogP contribution in [0, 0.1) is 5.92 Å². The number of Topliss-reactive ketones (excluding diaryl/α,β-unsaturated/α-hetero) is 1. The van der Waals surface area contributed by atoms with E-state index >= 15 is 0 Å². The fourth-order valence-electron chi connectivity index (χ4n) is 3.28. The van der Waals surface area contributed by atoms with Gasteiger partial charge in [-0.25, -0.2) is 14.5 Å². The molecular formula is C19H27NO8. The molecule has 1 heterocycles. The molecule has 0 aromatic rings. The average molecular weight is 397 g/mol. The van der Waals surface area contributed by atoms with Gasteiger partial charge in [-0.2, -0.15) is 0 Å². The van der Waals surface area contributed by atoms with Crippen LogP contribution in [0.4, 0.5) is 9.59 Å². The monoisotopic (exact) mass is 397 g/mol. The largest absolute Gasteiger partial charge is 0.508 e. The number of hydrogen-bond acceptors (Lipinski definition) is 8. The maximum atomic E-state index is 13.0. The van der Waals surface area contributed by atoms with Gasteiger partial charge in [0.15, 0.2) is 11.3 Å². The summed E-state index contributed by atoms with van der Waals surface area (Å²) in [6.45, 7) is 8.67. The lowest BCUT2D eigenvalue weighted by atomic mass is 9.86. The van der Waals surface area contributed by atoms with Gasteiger partial charge >= 0.3 is 12.2 Å². The van der Waals surface area contributed by atoms with Crippen molar-refractivity contribution in [3.8, 4) is 0 Å². The Morgan fingerprint density at radius 2 is 1.71 bits per heavy atom. The zero-order valence-corrected chi connectivity index (χ0v) is 17.0. The first-order valence-corrected chi connectivity index (χ1v) is 8.99. The number of carbonyl (C=O) groups excluding carboxylic acids is 4. The summed E-state index contributed by atoms with van der Waals surface area (Å²) in [6.07, 6.45) is -0.738. The molecule has 2 aliphatic rings. The standard InChI is InChI=1S/C19H27NO8/c1-17(2,3)27-15(24)20-13(22)8-12-7-11(9-21)14(23)19(12,20)10-26-16(25)28-18(4,5)6/h7,12,21H,8-10H2,1-6H3/t12-,19+/m0/s1. The van der Waals surface area contributed by atoms with Gasteiger partial charge in [0, 0.05) is 17.9 Å². The molecule has 0 aromatic heterocycles. The fourth-order valence-corrected chi connectivity index (χ4v) is 3.28. The fraction of sp³-hybridized carbons (Fsp3) is 0.684. The van der Waals surface area contributed by atoms with Crippen molar-refractivity contribution in [1.29, 1.82) is 0 Å². The molecule has 0 unspecified atom stereocenters. The zero-order chi connectivity index (χ0) is 21.5. The number of ether oxygens (including phenoxy) is 3. The van der Waals surface area contributed by atoms with E-state index in [4.69, 9.17) is 14.2 Å². The molecule has 0 bridgehead atoms. The van der Waals surface area contributed by atoms with Gasteiger partial charge in [0.05, 0.1) is 6.61 Å². The van der Waals surface area contributed by atoms with Gasteiger partial charge < -0.3 is 19.3 Å². The van der Waals surface area contributed by atoms with Crippen molar-refractivity contribution in [1.82, 2.24) is 4.90 Å². The molecule has 2 amide bonds. The van der Waals surface area contributed by atoms with E-state index in [0.29, 0.717) is 0 Å². The highest BCUT2D eigenvalue weighted by Gasteiger charge is 2.64. The van der Waals surface area contributed by atoms with Crippen LogP contribution >= 0.6 is 0 Å². The highest BCUT2D eigenvalue weighted by molar-refractivity contribution is 6.13. The molecule has 2 rings (SSSR count). The summed E-state index contributed by atoms with van der Waals surface area (Å²) in [5.74, 6) is -2.00. The normalized spacial score (nSPS) is 24.8. The molecule has 2 atom stereocenters. The topological polar surface area (TPSA) is 119 Å². The van der Waals surface area contributed by atoms with Crippen molar-refractivity contribution in [3.05, 3.63) is 11.6 Å². The van der Waals surface area contributed by atoms with Crippen molar-refractivity contribution in [3.63, 3.8) is 0 Å². The second-order valence-electron chi connectivity index (χ2n) is 8.88. The molecule has 28 heavy (non-hydrogen) atoms. The van der Waals surface area contributed by atoms with Crippen LogP contribution in [-0.2, 0) is 23.8 Å². The maximum absolute atomic E-state index is 13.0. The molecule has 0 spiro atoms. The van der Waals surface area contributed by atoms with Crippen molar-refractivity contribution in [2.24, 2.45) is 5.92 Å². The molecule has 1 N–H and O–H groups in total. The maximum Gasteiger partial charge on any atom is 0.508 e. The van der Waals surface area contributed by atoms with Crippen molar-refractivity contribution in [2.45, 2.75) is 64.7 Å². The molecule has 1 aliphatic heterocycles. The van der Waals surface area contributed by atoms with E-state index in [-0.39, 0.29) is 12.0 Å². The Bertz CT molecular complexity index is 727. The van der Waals surface area contributed by atoms with E-state index in [1.165, 1.54) is 6.08 Å². The second-order valence-corrected chi connectivity index (χ2v) is 8.88. The number of carbonyl (C=O) groups is 4. The van der Waals surface area contributed by atoms with Gasteiger partial charge in [-0.05, 0) is 41.5 Å². The number of ketones is 1. The van der Waals surface area contributed by atoms with E-state index in [1.807, 2.05) is 0 Å². The van der Waals surface area contributed by atoms with Gasteiger partial charge in [-0.3, -0.25) is 9.59 Å². The third kappa shape index (κ3) is 4.19. The lowest BCUT2D eigenvalue weighted by molar-refractivity contribution is -0.140. The first-order valence-electron chi connectivity index (χ1n) is 8.99. The molecule has 0 saturated carbocycles. The summed E-state index contributed by atoms with van der Waals surface area (Å²) < 4.78 is 15.5. The van der Waals surface area contributed by atoms with Crippen LogP contribution < -0.4 is 0 Å². The SMILES string of the molecule is CC(C)(C)OC(=O)OC[C@]12C(=O)C(CO)=C[C@H]1CC(=O)N2C(=O)OC(C)(C)C. The average Bonchev–Trinajstić information content (AvgIpc) is 2.92. The third-order valence-corrected chi connectivity index (χ3v) is 4.29. The lowest BCUT2D eigenvalue weighted by Crippen LogP contribution is -2.59. The summed E-state index contributed by atoms with van der Waals surface area (Å²) in [7, 11) is 0. The highest BCUT2D eigenvalue weighted by Crippen LogP contribution is 2.45. The van der Waals surface area contributed by atoms with Crippen LogP contribution in [0.5, 0.6) is 0 Å². The number of aliphatic hydroxyl groups is 1. The Morgan fingerprint density at radius 3 is 2.21 bits per heavy atom. The lowest BCUT2D eigenvalue weighted by Gasteiger charge is -2.36. The number of hydrogen-bond donors (Lipinski definition) is 1. The number of aliphatic hydroxyl groups excluding tert-OH is 1. The first-order chi connectivity index (χ1) is 12.7. The van der Waals surface area contributed by atoms with Gasteiger partial charge in [-0.15, -0.1) is 0 Å². The van der Waals surface area contributed by atoms with Gasteiger partial charge in [0.1, 0.15) is 17.8 Å². The number of imide groups is 1. The summed E-state index contributed by atoms with van der Waals surface area (Å²) >= 11 is 0. The summed E-state index contributed by atoms with van der Waals surface area (Å²) in [4.78, 5) is 51.0. The van der Waals surface area contributed by atoms with E-state index in [2.05, 4.69) is 0 Å². The Balaban J connectivity index is 2.36. The van der Waals surface area contributed by atoms with Gasteiger partial charge in [0.2, 0.25) is 5.91 Å². The van der Waals surface area contributed by atoms with Crippen molar-refractivity contribution in [2.75, 3.05) is 13.2 Å². The smallest absolute Gasteiger partial charge is 0.443 e. The molecule has 1 saturated heterocycles. The molecule has 9 nitrogen and oxygen atoms in total. The minimum absolute atomic E-state index is 0.0545. The Kier molecular flexibility index (Phi) is 5.62. The Hall–Kier alpha value is -2.42. The number of rotatable bonds is 3. The molecule has 156 valence electrons. The van der Waals surface area contributed by atoms with Crippen molar-refractivity contribution >= 4 is 23.9 Å². The third-order valence-electron chi connectivity index (χ3n) is 4.29. The summed E-state index contributed by atoms with van der Waals surface area (Å²) in [5.41, 5.74) is -3.45. The van der Waals surface area contributed by atoms with Crippen LogP contribution in [0.15, 0.2) is 11.6 Å². The summed E-state index contributed by atoms with van der Waals surface area (Å²) in [6, 6.07) is 0. The Morgan fingerprint density at radius 1 is 1.14 bits per heavy atom. The molecule has 9 heteroatoms. The highest BCUT2D eigenvalue weighted by atomic mass is 16.7. The first kappa shape index (κ1) is 21.9. The molecule has 0 aromatic carbocycles. The molecule has 1 aliphatic carbocycles. The predicted octanol–water partition coefficient (Wildman–Crippen LogP) is 1.96. The van der Waals surface area contributed by atoms with Crippen molar-refractivity contribution < 1.29 is 38.5 Å². The number of fused-ring (bicyclic) bond motifs is 1. The molecule has 0 radical (unpaired) electrons. The van der Waals surface area contributed by atoms with Gasteiger partial charge in [-0.1, -0.05) is 6.08 Å².